The molecule has 0 spiro atoms. The molecule has 56 heavy (non-hydrogen) atoms. The van der Waals surface area contributed by atoms with Crippen molar-refractivity contribution in [3.05, 3.63) is 30.1 Å². The maximum atomic E-state index is 14.1. The molecule has 1 aromatic rings. The summed E-state index contributed by atoms with van der Waals surface area (Å²) in [6.07, 6.45) is 33.8. The molecule has 0 radical (unpaired) electrons. The Kier molecular flexibility index (Phi) is 34.1. The van der Waals surface area contributed by atoms with Gasteiger partial charge in [-0.1, -0.05) is 185 Å². The maximum absolute atomic E-state index is 14.1. The number of unbranched alkanes of at least 4 members (excludes halogenated alkanes) is 1. The number of aromatic nitrogens is 1. The van der Waals surface area contributed by atoms with E-state index in [2.05, 4.69) is 105 Å². The lowest BCUT2D eigenvalue weighted by atomic mass is 9.91. The third-order valence-corrected chi connectivity index (χ3v) is 14.5. The van der Waals surface area contributed by atoms with Crippen LogP contribution in [0.2, 0.25) is 0 Å². The smallest absolute Gasteiger partial charge is 0.330 e. The van der Waals surface area contributed by atoms with Crippen molar-refractivity contribution in [3.8, 4) is 0 Å². The summed E-state index contributed by atoms with van der Waals surface area (Å²) in [5.41, 5.74) is 1.33. The van der Waals surface area contributed by atoms with E-state index in [1.54, 1.807) is 0 Å². The molecule has 1 heterocycles. The molecular formula is C50H97ClNO3P. The third-order valence-electron chi connectivity index (χ3n) is 12.5. The molecule has 0 aromatic carbocycles. The van der Waals surface area contributed by atoms with E-state index >= 15 is 0 Å². The van der Waals surface area contributed by atoms with Gasteiger partial charge in [-0.2, -0.15) is 0 Å². The van der Waals surface area contributed by atoms with Crippen molar-refractivity contribution >= 4 is 7.60 Å². The summed E-state index contributed by atoms with van der Waals surface area (Å²) in [7, 11) is -1.06. The van der Waals surface area contributed by atoms with Crippen LogP contribution in [0.3, 0.4) is 0 Å². The fourth-order valence-electron chi connectivity index (χ4n) is 8.16. The minimum Gasteiger partial charge on any atom is -1.00 e. The van der Waals surface area contributed by atoms with Crippen LogP contribution in [0.15, 0.2) is 24.5 Å². The zero-order valence-electron chi connectivity index (χ0n) is 39.3. The zero-order chi connectivity index (χ0) is 40.9. The van der Waals surface area contributed by atoms with Crippen molar-refractivity contribution in [2.24, 2.45) is 54.4 Å². The van der Waals surface area contributed by atoms with Gasteiger partial charge in [0, 0.05) is 12.1 Å². The molecule has 0 saturated heterocycles. The average molecular weight is 827 g/mol. The molecule has 0 bridgehead atoms. The summed E-state index contributed by atoms with van der Waals surface area (Å²) < 4.78 is 28.6. The Bertz CT molecular complexity index is 1010. The minimum absolute atomic E-state index is 0. The predicted molar refractivity (Wildman–Crippen MR) is 242 cm³/mol. The molecule has 0 amide bonds. The van der Waals surface area contributed by atoms with Crippen LogP contribution < -0.4 is 17.0 Å². The maximum Gasteiger partial charge on any atom is 0.330 e. The Morgan fingerprint density at radius 1 is 0.464 bits per heavy atom. The van der Waals surface area contributed by atoms with Gasteiger partial charge in [-0.25, -0.2) is 4.57 Å². The first-order valence-corrected chi connectivity index (χ1v) is 25.7. The summed E-state index contributed by atoms with van der Waals surface area (Å²) in [5.74, 6) is 6.22. The Morgan fingerprint density at radius 3 is 1.09 bits per heavy atom. The normalized spacial score (nSPS) is 16.3. The first-order chi connectivity index (χ1) is 26.2. The molecule has 4 nitrogen and oxygen atoms in total. The largest absolute Gasteiger partial charge is 1.00 e. The van der Waals surface area contributed by atoms with Crippen LogP contribution in [0.5, 0.6) is 0 Å². The zero-order valence-corrected chi connectivity index (χ0v) is 41.0. The molecule has 6 atom stereocenters. The van der Waals surface area contributed by atoms with Crippen molar-refractivity contribution in [1.82, 2.24) is 0 Å². The minimum atomic E-state index is -3.11. The Morgan fingerprint density at radius 2 is 0.768 bits per heavy atom. The Balaban J connectivity index is 0.0000302. The standard InChI is InChI=1S/C50H97NO3P.ClH/c1-42(2)20-14-22-44(5)24-16-26-46(7)28-18-30-48(9)35-39-53-55(52,41-13-12-32-50-33-37-51(11)38-34-50)54-40-36-49(10)31-19-29-47(8)27-17-25-45(6)23-15-21-43(3)4;/h33-34,37-38,42-49H,12-32,35-36,39-41H2,1-11H3;1H/q+1;/p-1. The summed E-state index contributed by atoms with van der Waals surface area (Å²) >= 11 is 0. The predicted octanol–water partition coefficient (Wildman–Crippen LogP) is 13.0. The van der Waals surface area contributed by atoms with Crippen molar-refractivity contribution in [2.75, 3.05) is 19.4 Å². The lowest BCUT2D eigenvalue weighted by Gasteiger charge is -2.21. The molecule has 0 aliphatic rings. The molecule has 0 N–H and O–H groups in total. The van der Waals surface area contributed by atoms with Crippen molar-refractivity contribution in [1.29, 1.82) is 0 Å². The SMILES string of the molecule is CC(C)CCCC(C)CCCC(C)CCCC(C)CCOP(=O)(CCCCc1cc[n+](C)cc1)OCCC(C)CCCC(C)CCCC(C)CCCC(C)C.[Cl-]. The van der Waals surface area contributed by atoms with Crippen LogP contribution in [0.25, 0.3) is 0 Å². The van der Waals surface area contributed by atoms with Gasteiger partial charge in [0.1, 0.15) is 7.05 Å². The number of pyridine rings is 1. The highest BCUT2D eigenvalue weighted by molar-refractivity contribution is 7.53. The molecule has 0 saturated carbocycles. The third kappa shape index (κ3) is 32.4. The Hall–Kier alpha value is -0.410. The quantitative estimate of drug-likeness (QED) is 0.0381. The lowest BCUT2D eigenvalue weighted by molar-refractivity contribution is -0.671. The number of nitrogens with zero attached hydrogens (tertiary/aromatic N) is 1. The lowest BCUT2D eigenvalue weighted by Crippen LogP contribution is -3.00. The second kappa shape index (κ2) is 34.3. The van der Waals surface area contributed by atoms with Gasteiger partial charge in [0.25, 0.3) is 0 Å². The van der Waals surface area contributed by atoms with Crippen molar-refractivity contribution in [2.45, 2.75) is 217 Å². The van der Waals surface area contributed by atoms with E-state index in [0.29, 0.717) is 31.2 Å². The van der Waals surface area contributed by atoms with Crippen molar-refractivity contribution in [3.63, 3.8) is 0 Å². The highest BCUT2D eigenvalue weighted by atomic mass is 35.5. The van der Waals surface area contributed by atoms with Crippen LogP contribution in [0.4, 0.5) is 0 Å². The van der Waals surface area contributed by atoms with E-state index < -0.39 is 7.60 Å². The van der Waals surface area contributed by atoms with Gasteiger partial charge in [-0.05, 0) is 85.0 Å². The van der Waals surface area contributed by atoms with Crippen LogP contribution in [-0.4, -0.2) is 19.4 Å². The molecule has 0 aliphatic heterocycles. The van der Waals surface area contributed by atoms with E-state index in [1.165, 1.54) is 121 Å². The van der Waals surface area contributed by atoms with Crippen LogP contribution >= 0.6 is 7.60 Å². The van der Waals surface area contributed by atoms with Crippen molar-refractivity contribution < 1.29 is 30.6 Å². The number of rotatable bonds is 37. The van der Waals surface area contributed by atoms with Gasteiger partial charge in [0.05, 0.1) is 19.4 Å². The molecule has 0 fully saturated rings. The second-order valence-electron chi connectivity index (χ2n) is 19.9. The number of hydrogen-bond donors (Lipinski definition) is 0. The fraction of sp³-hybridized carbons (Fsp3) is 0.900. The topological polar surface area (TPSA) is 39.4 Å². The van der Waals surface area contributed by atoms with E-state index in [-0.39, 0.29) is 12.4 Å². The summed E-state index contributed by atoms with van der Waals surface area (Å²) in [5, 5.41) is 0. The first-order valence-electron chi connectivity index (χ1n) is 24.0. The van der Waals surface area contributed by atoms with Gasteiger partial charge < -0.3 is 21.5 Å². The van der Waals surface area contributed by atoms with Crippen LogP contribution in [0.1, 0.15) is 216 Å². The number of aryl methyl sites for hydroxylation is 2. The monoisotopic (exact) mass is 826 g/mol. The molecule has 6 unspecified atom stereocenters. The summed E-state index contributed by atoms with van der Waals surface area (Å²) in [6, 6.07) is 4.37. The van der Waals surface area contributed by atoms with Gasteiger partial charge in [0.2, 0.25) is 0 Å². The second-order valence-corrected chi connectivity index (χ2v) is 22.1. The van der Waals surface area contributed by atoms with Gasteiger partial charge in [-0.15, -0.1) is 0 Å². The fourth-order valence-corrected chi connectivity index (χ4v) is 9.87. The van der Waals surface area contributed by atoms with E-state index in [9.17, 15) is 4.57 Å². The molecule has 332 valence electrons. The van der Waals surface area contributed by atoms with Gasteiger partial charge >= 0.3 is 7.60 Å². The number of halogens is 1. The highest BCUT2D eigenvalue weighted by Gasteiger charge is 2.25. The molecule has 0 aliphatic carbocycles. The van der Waals surface area contributed by atoms with Gasteiger partial charge in [-0.3, -0.25) is 4.57 Å². The van der Waals surface area contributed by atoms with E-state index in [0.717, 1.165) is 67.6 Å². The summed E-state index contributed by atoms with van der Waals surface area (Å²) in [4.78, 5) is 0. The van der Waals surface area contributed by atoms with Crippen LogP contribution in [-0.2, 0) is 27.1 Å². The Labute approximate surface area is 357 Å². The van der Waals surface area contributed by atoms with E-state index in [1.807, 2.05) is 0 Å². The van der Waals surface area contributed by atoms with E-state index in [4.69, 9.17) is 9.05 Å². The molecular weight excluding hydrogens is 729 g/mol. The first kappa shape index (κ1) is 55.6. The molecule has 1 rings (SSSR count). The highest BCUT2D eigenvalue weighted by Crippen LogP contribution is 2.49. The van der Waals surface area contributed by atoms with Crippen LogP contribution in [0, 0.1) is 47.3 Å². The molecule has 1 aromatic heterocycles. The average Bonchev–Trinajstić information content (AvgIpc) is 3.10. The summed E-state index contributed by atoms with van der Waals surface area (Å²) in [6.45, 7) is 24.9. The van der Waals surface area contributed by atoms with Gasteiger partial charge in [0.15, 0.2) is 12.4 Å². The number of hydrogen-bond acceptors (Lipinski definition) is 3. The molecule has 6 heteroatoms.